The predicted molar refractivity (Wildman–Crippen MR) is 62.5 cm³/mol. The van der Waals surface area contributed by atoms with Crippen LogP contribution in [0.15, 0.2) is 24.3 Å². The maximum atomic E-state index is 5.93. The highest BCUT2D eigenvalue weighted by molar-refractivity contribution is 6.32. The first kappa shape index (κ1) is 13.6. The Labute approximate surface area is 96.2 Å². The van der Waals surface area contributed by atoms with Gasteiger partial charge in [0.1, 0.15) is 12.0 Å². The van der Waals surface area contributed by atoms with E-state index in [9.17, 15) is 0 Å². The second-order valence-corrected chi connectivity index (χ2v) is 3.52. The van der Waals surface area contributed by atoms with Crippen LogP contribution in [0.3, 0.4) is 0 Å². The van der Waals surface area contributed by atoms with Gasteiger partial charge in [0.05, 0.1) is 5.02 Å². The van der Waals surface area contributed by atoms with Gasteiger partial charge >= 0.3 is 0 Å². The summed E-state index contributed by atoms with van der Waals surface area (Å²) < 4.78 is 5.60. The third-order valence-electron chi connectivity index (χ3n) is 1.86. The zero-order valence-corrected chi connectivity index (χ0v) is 10.1. The molecule has 0 aliphatic rings. The van der Waals surface area contributed by atoms with Crippen molar-refractivity contribution in [3.05, 3.63) is 29.3 Å². The van der Waals surface area contributed by atoms with E-state index in [1.165, 1.54) is 0 Å². The minimum absolute atomic E-state index is 0. The molecule has 1 atom stereocenters. The van der Waals surface area contributed by atoms with Crippen LogP contribution in [0.4, 0.5) is 0 Å². The largest absolute Gasteiger partial charge is 0.474 e. The van der Waals surface area contributed by atoms with Crippen molar-refractivity contribution in [3.63, 3.8) is 0 Å². The summed E-state index contributed by atoms with van der Waals surface area (Å²) in [6.45, 7) is 1.98. The van der Waals surface area contributed by atoms with Crippen molar-refractivity contribution < 1.29 is 4.74 Å². The molecule has 1 aromatic rings. The van der Waals surface area contributed by atoms with Crippen LogP contribution in [0.2, 0.25) is 5.02 Å². The van der Waals surface area contributed by atoms with Gasteiger partial charge in [-0.15, -0.1) is 12.4 Å². The number of halogens is 2. The summed E-state index contributed by atoms with van der Waals surface area (Å²) in [5.74, 6) is 0.727. The number of rotatable bonds is 3. The molecule has 0 bridgehead atoms. The highest BCUT2D eigenvalue weighted by Crippen LogP contribution is 2.24. The Kier molecular flexibility index (Phi) is 5.93. The molecule has 1 aromatic carbocycles. The summed E-state index contributed by atoms with van der Waals surface area (Å²) in [6, 6.07) is 7.47. The molecule has 0 saturated carbocycles. The molecule has 0 aliphatic heterocycles. The van der Waals surface area contributed by atoms with Gasteiger partial charge in [-0.1, -0.05) is 23.7 Å². The molecule has 0 aromatic heterocycles. The van der Waals surface area contributed by atoms with Crippen molar-refractivity contribution in [2.45, 2.75) is 13.2 Å². The molecule has 0 amide bonds. The van der Waals surface area contributed by atoms with Crippen LogP contribution in [0.25, 0.3) is 0 Å². The van der Waals surface area contributed by atoms with Crippen molar-refractivity contribution >= 4 is 24.0 Å². The molecule has 0 fully saturated rings. The Bertz CT molecular complexity index is 279. The topological polar surface area (TPSA) is 12.5 Å². The van der Waals surface area contributed by atoms with Crippen molar-refractivity contribution in [1.29, 1.82) is 0 Å². The molecule has 0 spiro atoms. The van der Waals surface area contributed by atoms with Crippen molar-refractivity contribution in [2.75, 3.05) is 14.1 Å². The van der Waals surface area contributed by atoms with Gasteiger partial charge in [-0.05, 0) is 33.2 Å². The Morgan fingerprint density at radius 3 is 2.36 bits per heavy atom. The normalized spacial score (nSPS) is 12.1. The molecule has 0 N–H and O–H groups in total. The highest BCUT2D eigenvalue weighted by atomic mass is 35.5. The maximum absolute atomic E-state index is 5.93. The summed E-state index contributed by atoms with van der Waals surface area (Å²) in [4.78, 5) is 1.98. The van der Waals surface area contributed by atoms with Crippen LogP contribution in [-0.4, -0.2) is 25.2 Å². The summed E-state index contributed by atoms with van der Waals surface area (Å²) in [5.41, 5.74) is 0. The molecule has 2 nitrogen and oxygen atoms in total. The van der Waals surface area contributed by atoms with Gasteiger partial charge in [0, 0.05) is 0 Å². The Hall–Kier alpha value is -0.440. The molecule has 1 unspecified atom stereocenters. The average molecular weight is 236 g/mol. The quantitative estimate of drug-likeness (QED) is 0.748. The van der Waals surface area contributed by atoms with Crippen LogP contribution >= 0.6 is 24.0 Å². The lowest BCUT2D eigenvalue weighted by Crippen LogP contribution is -2.30. The number of hydrogen-bond donors (Lipinski definition) is 0. The average Bonchev–Trinajstić information content (AvgIpc) is 2.08. The third-order valence-corrected chi connectivity index (χ3v) is 2.17. The lowest BCUT2D eigenvalue weighted by atomic mass is 10.3. The minimum atomic E-state index is 0. The summed E-state index contributed by atoms with van der Waals surface area (Å²) in [5, 5.41) is 0.649. The fraction of sp³-hybridized carbons (Fsp3) is 0.400. The molecular formula is C10H15Cl2NO. The Morgan fingerprint density at radius 2 is 1.86 bits per heavy atom. The zero-order chi connectivity index (χ0) is 9.84. The number of para-hydroxylation sites is 1. The molecule has 0 aliphatic carbocycles. The van der Waals surface area contributed by atoms with Gasteiger partial charge in [0.25, 0.3) is 0 Å². The smallest absolute Gasteiger partial charge is 0.149 e. The fourth-order valence-corrected chi connectivity index (χ4v) is 1.01. The van der Waals surface area contributed by atoms with E-state index < -0.39 is 0 Å². The minimum Gasteiger partial charge on any atom is -0.474 e. The van der Waals surface area contributed by atoms with E-state index >= 15 is 0 Å². The summed E-state index contributed by atoms with van der Waals surface area (Å²) >= 11 is 5.93. The monoisotopic (exact) mass is 235 g/mol. The van der Waals surface area contributed by atoms with Crippen molar-refractivity contribution in [2.24, 2.45) is 0 Å². The van der Waals surface area contributed by atoms with Crippen LogP contribution in [0, 0.1) is 0 Å². The maximum Gasteiger partial charge on any atom is 0.149 e. The molecule has 1 rings (SSSR count). The zero-order valence-electron chi connectivity index (χ0n) is 8.53. The van der Waals surface area contributed by atoms with Crippen LogP contribution < -0.4 is 4.74 Å². The van der Waals surface area contributed by atoms with Crippen molar-refractivity contribution in [1.82, 2.24) is 4.90 Å². The molecule has 0 radical (unpaired) electrons. The van der Waals surface area contributed by atoms with E-state index in [-0.39, 0.29) is 18.6 Å². The second kappa shape index (κ2) is 6.12. The second-order valence-electron chi connectivity index (χ2n) is 3.11. The molecule has 0 heterocycles. The molecule has 4 heteroatoms. The van der Waals surface area contributed by atoms with Gasteiger partial charge in [-0.3, -0.25) is 4.90 Å². The van der Waals surface area contributed by atoms with E-state index in [4.69, 9.17) is 16.3 Å². The van der Waals surface area contributed by atoms with E-state index in [1.807, 2.05) is 50.2 Å². The standard InChI is InChI=1S/C10H14ClNO.ClH/c1-8(12(2)3)13-10-7-5-4-6-9(10)11;/h4-8H,1-3H3;1H. The van der Waals surface area contributed by atoms with Gasteiger partial charge < -0.3 is 4.74 Å². The van der Waals surface area contributed by atoms with Gasteiger partial charge in [0.2, 0.25) is 0 Å². The molecular weight excluding hydrogens is 221 g/mol. The lowest BCUT2D eigenvalue weighted by molar-refractivity contribution is 0.0816. The first-order chi connectivity index (χ1) is 6.11. The predicted octanol–water partition coefficient (Wildman–Crippen LogP) is 3.05. The third kappa shape index (κ3) is 3.74. The van der Waals surface area contributed by atoms with Crippen molar-refractivity contribution in [3.8, 4) is 5.75 Å². The van der Waals surface area contributed by atoms with E-state index in [1.54, 1.807) is 0 Å². The first-order valence-electron chi connectivity index (χ1n) is 4.19. The molecule has 80 valence electrons. The highest BCUT2D eigenvalue weighted by Gasteiger charge is 2.07. The number of benzene rings is 1. The van der Waals surface area contributed by atoms with Gasteiger partial charge in [0.15, 0.2) is 0 Å². The van der Waals surface area contributed by atoms with E-state index in [2.05, 4.69) is 0 Å². The summed E-state index contributed by atoms with van der Waals surface area (Å²) in [6.07, 6.45) is 0.0277. The Balaban J connectivity index is 0.00000169. The van der Waals surface area contributed by atoms with Crippen LogP contribution in [-0.2, 0) is 0 Å². The van der Waals surface area contributed by atoms with Gasteiger partial charge in [-0.2, -0.15) is 0 Å². The SMILES string of the molecule is CC(Oc1ccccc1Cl)N(C)C.Cl. The summed E-state index contributed by atoms with van der Waals surface area (Å²) in [7, 11) is 3.92. The van der Waals surface area contributed by atoms with Crippen LogP contribution in [0.1, 0.15) is 6.92 Å². The number of hydrogen-bond acceptors (Lipinski definition) is 2. The lowest BCUT2D eigenvalue weighted by Gasteiger charge is -2.21. The molecule has 0 saturated heterocycles. The van der Waals surface area contributed by atoms with Gasteiger partial charge in [-0.25, -0.2) is 0 Å². The number of nitrogens with zero attached hydrogens (tertiary/aromatic N) is 1. The van der Waals surface area contributed by atoms with E-state index in [0.29, 0.717) is 5.02 Å². The molecule has 14 heavy (non-hydrogen) atoms. The number of ether oxygens (including phenoxy) is 1. The fourth-order valence-electron chi connectivity index (χ4n) is 0.829. The van der Waals surface area contributed by atoms with E-state index in [0.717, 1.165) is 5.75 Å². The first-order valence-corrected chi connectivity index (χ1v) is 4.56. The van der Waals surface area contributed by atoms with Crippen LogP contribution in [0.5, 0.6) is 5.75 Å². The Morgan fingerprint density at radius 1 is 1.29 bits per heavy atom.